The number of alkyl halides is 2. The molecule has 1 fully saturated rings. The van der Waals surface area contributed by atoms with Gasteiger partial charge < -0.3 is 10.1 Å². The number of fused-ring (bicyclic) bond motifs is 2. The highest BCUT2D eigenvalue weighted by molar-refractivity contribution is 6.06. The van der Waals surface area contributed by atoms with Crippen LogP contribution in [0.15, 0.2) is 87.4 Å². The minimum atomic E-state index is -2.58. The number of nitrogens with one attached hydrogen (secondary N) is 1. The molecule has 1 aromatic heterocycles. The number of hydrogen-bond donors (Lipinski definition) is 1. The Balaban J connectivity index is 0.00000245. The lowest BCUT2D eigenvalue weighted by molar-refractivity contribution is 0.116. The monoisotopic (exact) mass is 457 g/mol. The molecule has 0 spiro atoms. The molecule has 2 aliphatic heterocycles. The number of benzene rings is 1. The van der Waals surface area contributed by atoms with Gasteiger partial charge in [-0.3, -0.25) is 14.4 Å². The Morgan fingerprint density at radius 2 is 2.03 bits per heavy atom. The van der Waals surface area contributed by atoms with Gasteiger partial charge in [0.2, 0.25) is 6.43 Å². The topological polar surface area (TPSA) is 55.6 Å². The van der Waals surface area contributed by atoms with E-state index in [-0.39, 0.29) is 18.0 Å². The first-order valence-electron chi connectivity index (χ1n) is 10.2. The van der Waals surface area contributed by atoms with Crippen molar-refractivity contribution in [3.05, 3.63) is 93.6 Å². The Morgan fingerprint density at radius 1 is 1.22 bits per heavy atom. The maximum Gasteiger partial charge on any atom is 0.258 e. The van der Waals surface area contributed by atoms with Crippen LogP contribution in [0.5, 0.6) is 5.75 Å². The normalized spacial score (nSPS) is 19.5. The van der Waals surface area contributed by atoms with E-state index in [4.69, 9.17) is 4.74 Å². The van der Waals surface area contributed by atoms with Gasteiger partial charge in [0, 0.05) is 43.2 Å². The van der Waals surface area contributed by atoms with E-state index >= 15 is 0 Å². The largest absolute Gasteiger partial charge is 0.489 e. The summed E-state index contributed by atoms with van der Waals surface area (Å²) in [6.07, 6.45) is 2.88. The van der Waals surface area contributed by atoms with E-state index in [9.17, 15) is 13.6 Å². The fourth-order valence-corrected chi connectivity index (χ4v) is 4.20. The molecule has 1 N–H and O–H groups in total. The van der Waals surface area contributed by atoms with Crippen molar-refractivity contribution < 1.29 is 13.5 Å². The Morgan fingerprint density at radius 3 is 2.78 bits per heavy atom. The lowest BCUT2D eigenvalue weighted by Gasteiger charge is -2.24. The molecule has 0 radical (unpaired) electrons. The number of halogens is 3. The van der Waals surface area contributed by atoms with Gasteiger partial charge in [0.25, 0.3) is 5.56 Å². The van der Waals surface area contributed by atoms with E-state index in [1.165, 1.54) is 16.7 Å². The fourth-order valence-electron chi connectivity index (χ4n) is 4.20. The zero-order valence-corrected chi connectivity index (χ0v) is 17.9. The van der Waals surface area contributed by atoms with Crippen molar-refractivity contribution in [1.82, 2.24) is 9.88 Å². The minimum absolute atomic E-state index is 0. The third-order valence-corrected chi connectivity index (χ3v) is 5.70. The highest BCUT2D eigenvalue weighted by Gasteiger charge is 2.36. The first-order valence-corrected chi connectivity index (χ1v) is 10.2. The number of aliphatic imine (C=N–C) groups is 1. The van der Waals surface area contributed by atoms with Gasteiger partial charge in [-0.25, -0.2) is 8.78 Å². The summed E-state index contributed by atoms with van der Waals surface area (Å²) in [5, 5.41) is 3.23. The Hall–Kier alpha value is -3.03. The molecule has 5 rings (SSSR count). The molecule has 0 saturated carbocycles. The maximum atomic E-state index is 13.9. The third-order valence-electron chi connectivity index (χ3n) is 5.70. The molecule has 1 aliphatic carbocycles. The van der Waals surface area contributed by atoms with E-state index in [0.717, 1.165) is 29.8 Å². The number of allylic oxidation sites excluding steroid dienone is 4. The highest BCUT2D eigenvalue weighted by atomic mass is 35.5. The van der Waals surface area contributed by atoms with Crippen LogP contribution in [-0.2, 0) is 6.61 Å². The lowest BCUT2D eigenvalue weighted by atomic mass is 9.86. The second-order valence-electron chi connectivity index (χ2n) is 7.70. The van der Waals surface area contributed by atoms with Gasteiger partial charge in [-0.05, 0) is 34.9 Å². The minimum Gasteiger partial charge on any atom is -0.489 e. The van der Waals surface area contributed by atoms with Crippen LogP contribution in [0.4, 0.5) is 8.78 Å². The molecule has 3 aliphatic rings. The van der Waals surface area contributed by atoms with Gasteiger partial charge in [0.15, 0.2) is 0 Å². The van der Waals surface area contributed by atoms with Gasteiger partial charge in [-0.1, -0.05) is 30.3 Å². The molecule has 5 nitrogen and oxygen atoms in total. The Labute approximate surface area is 190 Å². The highest BCUT2D eigenvalue weighted by Crippen LogP contribution is 2.41. The molecule has 1 aromatic carbocycles. The van der Waals surface area contributed by atoms with Crippen molar-refractivity contribution >= 4 is 23.8 Å². The van der Waals surface area contributed by atoms with E-state index in [1.807, 2.05) is 30.3 Å². The lowest BCUT2D eigenvalue weighted by Crippen LogP contribution is -2.31. The number of rotatable bonds is 5. The Bertz CT molecular complexity index is 1200. The van der Waals surface area contributed by atoms with Gasteiger partial charge >= 0.3 is 0 Å². The molecule has 166 valence electrons. The summed E-state index contributed by atoms with van der Waals surface area (Å²) in [6.45, 7) is 1.67. The molecule has 2 aromatic rings. The van der Waals surface area contributed by atoms with Crippen molar-refractivity contribution in [3.8, 4) is 5.75 Å². The van der Waals surface area contributed by atoms with Crippen molar-refractivity contribution in [3.63, 3.8) is 0 Å². The van der Waals surface area contributed by atoms with Crippen LogP contribution >= 0.6 is 12.4 Å². The third kappa shape index (κ3) is 4.18. The van der Waals surface area contributed by atoms with Crippen LogP contribution in [0.1, 0.15) is 12.0 Å². The second kappa shape index (κ2) is 9.22. The Kier molecular flexibility index (Phi) is 6.39. The molecule has 0 bridgehead atoms. The van der Waals surface area contributed by atoms with Crippen molar-refractivity contribution in [2.75, 3.05) is 13.1 Å². The zero-order valence-electron chi connectivity index (χ0n) is 17.1. The summed E-state index contributed by atoms with van der Waals surface area (Å²) in [7, 11) is 0. The number of ether oxygens (including phenoxy) is 1. The molecule has 1 saturated heterocycles. The van der Waals surface area contributed by atoms with Crippen molar-refractivity contribution in [2.45, 2.75) is 19.5 Å². The van der Waals surface area contributed by atoms with Gasteiger partial charge in [-0.15, -0.1) is 12.4 Å². The molecular weight excluding hydrogens is 436 g/mol. The van der Waals surface area contributed by atoms with Gasteiger partial charge in [-0.2, -0.15) is 0 Å². The average Bonchev–Trinajstić information content (AvgIpc) is 3.16. The number of piperidine rings is 1. The number of nitrogens with zero attached hydrogens (tertiary/aromatic N) is 2. The summed E-state index contributed by atoms with van der Waals surface area (Å²) >= 11 is 0. The zero-order chi connectivity index (χ0) is 21.4. The molecule has 8 heteroatoms. The SMILES string of the molecule is Cl.O=c1cc(OCc2ccccc2)ccn1C1=CC(C(F)F)C2=C3CNCCC3=NC2=C1. The number of pyridine rings is 1. The molecular formula is C24H22ClF2N3O2. The average molecular weight is 458 g/mol. The molecule has 32 heavy (non-hydrogen) atoms. The standard InChI is InChI=1S/C24H21F2N3O2.ClH/c25-24(26)18-10-16(11-21-23(18)19-13-27-8-6-20(19)28-21)29-9-7-17(12-22(29)30)31-14-15-4-2-1-3-5-15;/h1-5,7,9-12,18,24,27H,6,8,13-14H2;1H. The van der Waals surface area contributed by atoms with Crippen LogP contribution < -0.4 is 15.6 Å². The summed E-state index contributed by atoms with van der Waals surface area (Å²) in [5.74, 6) is -0.660. The quantitative estimate of drug-likeness (QED) is 0.731. The van der Waals surface area contributed by atoms with Crippen LogP contribution in [0.25, 0.3) is 5.70 Å². The number of hydrogen-bond acceptors (Lipinski definition) is 4. The van der Waals surface area contributed by atoms with Gasteiger partial charge in [0.05, 0.1) is 11.6 Å². The van der Waals surface area contributed by atoms with Crippen molar-refractivity contribution in [2.24, 2.45) is 10.9 Å². The fraction of sp³-hybridized carbons (Fsp3) is 0.250. The first kappa shape index (κ1) is 22.2. The molecule has 3 heterocycles. The van der Waals surface area contributed by atoms with Crippen LogP contribution in [0.3, 0.4) is 0 Å². The smallest absolute Gasteiger partial charge is 0.258 e. The summed E-state index contributed by atoms with van der Waals surface area (Å²) in [4.78, 5) is 17.3. The predicted octanol–water partition coefficient (Wildman–Crippen LogP) is 4.21. The molecule has 1 unspecified atom stereocenters. The van der Waals surface area contributed by atoms with E-state index in [2.05, 4.69) is 10.3 Å². The second-order valence-corrected chi connectivity index (χ2v) is 7.70. The molecule has 0 amide bonds. The van der Waals surface area contributed by atoms with E-state index < -0.39 is 12.3 Å². The van der Waals surface area contributed by atoms with Gasteiger partial charge in [0.1, 0.15) is 12.4 Å². The first-order chi connectivity index (χ1) is 15.1. The van der Waals surface area contributed by atoms with E-state index in [0.29, 0.717) is 35.9 Å². The van der Waals surface area contributed by atoms with Crippen LogP contribution in [0, 0.1) is 5.92 Å². The van der Waals surface area contributed by atoms with Crippen LogP contribution in [0.2, 0.25) is 0 Å². The van der Waals surface area contributed by atoms with E-state index in [1.54, 1.807) is 18.3 Å². The van der Waals surface area contributed by atoms with Crippen LogP contribution in [-0.4, -0.2) is 29.8 Å². The van der Waals surface area contributed by atoms with Crippen molar-refractivity contribution in [1.29, 1.82) is 0 Å². The predicted molar refractivity (Wildman–Crippen MR) is 123 cm³/mol. The summed E-state index contributed by atoms with van der Waals surface area (Å²) in [6, 6.07) is 12.7. The summed E-state index contributed by atoms with van der Waals surface area (Å²) < 4.78 is 35.0. The maximum absolute atomic E-state index is 13.9. The molecule has 1 atom stereocenters. The number of aromatic nitrogens is 1. The summed E-state index contributed by atoms with van der Waals surface area (Å²) in [5.41, 5.74) is 3.91.